The van der Waals surface area contributed by atoms with Crippen molar-refractivity contribution in [1.82, 2.24) is 10.6 Å². The molecule has 0 radical (unpaired) electrons. The van der Waals surface area contributed by atoms with Crippen molar-refractivity contribution >= 4 is 35.0 Å². The number of hydrogen-bond donors (Lipinski definition) is 4. The van der Waals surface area contributed by atoms with Crippen molar-refractivity contribution in [3.05, 3.63) is 259 Å². The van der Waals surface area contributed by atoms with Crippen molar-refractivity contribution in [2.24, 2.45) is 0 Å². The minimum absolute atomic E-state index is 0.0299. The lowest BCUT2D eigenvalue weighted by molar-refractivity contribution is -0.173. The highest BCUT2D eigenvalue weighted by Crippen LogP contribution is 2.56. The number of carbonyl (C=O) groups excluding carboxylic acids is 4. The molecule has 0 aliphatic heterocycles. The van der Waals surface area contributed by atoms with Gasteiger partial charge < -0.3 is 21.3 Å². The summed E-state index contributed by atoms with van der Waals surface area (Å²) in [6.45, 7) is 7.30. The summed E-state index contributed by atoms with van der Waals surface area (Å²) in [6, 6.07) is 44.6. The highest BCUT2D eigenvalue weighted by molar-refractivity contribution is 6.06. The zero-order valence-electron chi connectivity index (χ0n) is 44.7. The number of hydrogen-bond acceptors (Lipinski definition) is 4. The van der Waals surface area contributed by atoms with E-state index in [1.807, 2.05) is 48.5 Å². The fraction of sp³-hybridized carbons (Fsp3) is 0.188. The SMILES string of the molecule is CNC(=O)c1ccc(C(C)(c2ccc(C(=O)Nc3cc(C(F)(F)F)cc(C)c3C)cc2)C(F)(F)F)cc1.CNC(=O)c1ccc(C2(c3ccc(C(=O)Nc4cc(C(F)(F)F)cc(C)c4C)cc3)c3ccccc3-c3ccccc32)cc1. The second-order valence-corrected chi connectivity index (χ2v) is 19.8. The minimum atomic E-state index is -4.72. The highest BCUT2D eigenvalue weighted by Gasteiger charge is 2.53. The zero-order chi connectivity index (χ0) is 59.0. The van der Waals surface area contributed by atoms with E-state index in [2.05, 4.69) is 45.5 Å². The molecule has 0 saturated heterocycles. The Hall–Kier alpha value is -8.99. The smallest absolute Gasteiger partial charge is 0.355 e. The van der Waals surface area contributed by atoms with Crippen molar-refractivity contribution in [3.63, 3.8) is 0 Å². The van der Waals surface area contributed by atoms with Gasteiger partial charge in [0, 0.05) is 47.7 Å². The van der Waals surface area contributed by atoms with Gasteiger partial charge in [-0.3, -0.25) is 19.2 Å². The van der Waals surface area contributed by atoms with Crippen LogP contribution < -0.4 is 21.3 Å². The molecule has 8 nitrogen and oxygen atoms in total. The number of aryl methyl sites for hydroxylation is 2. The van der Waals surface area contributed by atoms with Gasteiger partial charge in [-0.05, 0) is 174 Å². The van der Waals surface area contributed by atoms with E-state index in [9.17, 15) is 58.7 Å². The molecule has 1 aliphatic rings. The van der Waals surface area contributed by atoms with Gasteiger partial charge >= 0.3 is 18.5 Å². The predicted octanol–water partition coefficient (Wildman–Crippen LogP) is 15.1. The third kappa shape index (κ3) is 11.2. The first-order valence-corrected chi connectivity index (χ1v) is 25.3. The molecule has 0 aromatic heterocycles. The number of fused-ring (bicyclic) bond motifs is 3. The van der Waals surface area contributed by atoms with E-state index in [1.165, 1.54) is 50.4 Å². The molecular weight excluding hydrogens is 1060 g/mol. The topological polar surface area (TPSA) is 116 Å². The van der Waals surface area contributed by atoms with Crippen molar-refractivity contribution in [3.8, 4) is 11.1 Å². The van der Waals surface area contributed by atoms with E-state index in [0.717, 1.165) is 76.7 Å². The maximum Gasteiger partial charge on any atom is 0.416 e. The quantitative estimate of drug-likeness (QED) is 0.102. The number of nitrogens with one attached hydrogen (secondary N) is 4. The molecule has 81 heavy (non-hydrogen) atoms. The molecule has 9 rings (SSSR count). The summed E-state index contributed by atoms with van der Waals surface area (Å²) in [7, 11) is 3.00. The summed E-state index contributed by atoms with van der Waals surface area (Å²) in [4.78, 5) is 50.1. The molecule has 1 unspecified atom stereocenters. The van der Waals surface area contributed by atoms with Crippen LogP contribution in [0.2, 0.25) is 0 Å². The molecule has 8 aromatic rings. The van der Waals surface area contributed by atoms with E-state index < -0.39 is 58.2 Å². The van der Waals surface area contributed by atoms with Crippen LogP contribution in [0.15, 0.2) is 170 Å². The van der Waals surface area contributed by atoms with Crippen molar-refractivity contribution in [1.29, 1.82) is 0 Å². The Morgan fingerprint density at radius 1 is 0.395 bits per heavy atom. The van der Waals surface area contributed by atoms with Crippen LogP contribution in [-0.2, 0) is 23.2 Å². The van der Waals surface area contributed by atoms with Crippen LogP contribution in [0.5, 0.6) is 0 Å². The predicted molar refractivity (Wildman–Crippen MR) is 294 cm³/mol. The molecule has 4 amide bonds. The van der Waals surface area contributed by atoms with Crippen LogP contribution in [0.25, 0.3) is 11.1 Å². The first-order chi connectivity index (χ1) is 38.1. The van der Waals surface area contributed by atoms with E-state index in [0.29, 0.717) is 33.4 Å². The molecule has 8 aromatic carbocycles. The summed E-state index contributed by atoms with van der Waals surface area (Å²) >= 11 is 0. The highest BCUT2D eigenvalue weighted by atomic mass is 19.4. The Kier molecular flexibility index (Phi) is 16.0. The second-order valence-electron chi connectivity index (χ2n) is 19.8. The summed E-state index contributed by atoms with van der Waals surface area (Å²) in [5, 5.41) is 10.2. The number of halogens is 9. The van der Waals surface area contributed by atoms with E-state index >= 15 is 0 Å². The maximum absolute atomic E-state index is 14.3. The molecule has 0 saturated carbocycles. The minimum Gasteiger partial charge on any atom is -0.355 e. The van der Waals surface area contributed by atoms with Gasteiger partial charge in [0.25, 0.3) is 23.6 Å². The third-order valence-electron chi connectivity index (χ3n) is 15.1. The number of benzene rings is 8. The van der Waals surface area contributed by atoms with E-state index in [4.69, 9.17) is 0 Å². The van der Waals surface area contributed by atoms with E-state index in [1.54, 1.807) is 52.1 Å². The van der Waals surface area contributed by atoms with Gasteiger partial charge in [0.05, 0.1) is 16.5 Å². The van der Waals surface area contributed by atoms with Crippen LogP contribution in [-0.4, -0.2) is 43.9 Å². The lowest BCUT2D eigenvalue weighted by Crippen LogP contribution is -2.40. The van der Waals surface area contributed by atoms with Gasteiger partial charge in [0.15, 0.2) is 0 Å². The van der Waals surface area contributed by atoms with E-state index in [-0.39, 0.29) is 39.5 Å². The molecule has 0 spiro atoms. The Morgan fingerprint density at radius 2 is 0.704 bits per heavy atom. The molecule has 1 atom stereocenters. The number of anilines is 2. The van der Waals surface area contributed by atoms with Crippen molar-refractivity contribution in [2.75, 3.05) is 24.7 Å². The number of amides is 4. The monoisotopic (exact) mass is 1110 g/mol. The average molecular weight is 1110 g/mol. The van der Waals surface area contributed by atoms with Crippen LogP contribution >= 0.6 is 0 Å². The number of alkyl halides is 9. The Bertz CT molecular complexity index is 3660. The molecule has 0 bridgehead atoms. The fourth-order valence-corrected chi connectivity index (χ4v) is 10.2. The molecule has 0 heterocycles. The summed E-state index contributed by atoms with van der Waals surface area (Å²) in [6.07, 6.45) is -13.9. The largest absolute Gasteiger partial charge is 0.416 e. The van der Waals surface area contributed by atoms with Gasteiger partial charge in [-0.25, -0.2) is 0 Å². The molecule has 17 heteroatoms. The van der Waals surface area contributed by atoms with Crippen LogP contribution in [0.3, 0.4) is 0 Å². The van der Waals surface area contributed by atoms with Crippen LogP contribution in [0, 0.1) is 27.7 Å². The standard InChI is InChI=1S/C37H29F3N2O2.C27H24F6N2O2/c1-22-20-28(37(38,39)40)21-33(23(22)2)42-35(44)25-14-18-27(19-15-25)36(26-16-12-24(13-17-26)34(43)41-3)31-10-6-4-8-29(31)30-9-5-7-11-32(30)36;1-15-13-21(26(28,29)30)14-22(16(15)2)35-24(37)18-7-11-20(12-8-18)25(3,27(31,32)33)19-9-5-17(6-10-19)23(36)34-4/h4-21H,1-3H3,(H,41,43)(H,42,44);5-14H,1-4H3,(H,34,36)(H,35,37). The van der Waals surface area contributed by atoms with Gasteiger partial charge in [-0.1, -0.05) is 97.1 Å². The van der Waals surface area contributed by atoms with Crippen molar-refractivity contribution < 1.29 is 58.7 Å². The third-order valence-corrected chi connectivity index (χ3v) is 15.1. The average Bonchev–Trinajstić information content (AvgIpc) is 2.77. The fourth-order valence-electron chi connectivity index (χ4n) is 10.2. The Balaban J connectivity index is 0.000000216. The molecule has 1 aliphatic carbocycles. The first-order valence-electron chi connectivity index (χ1n) is 25.3. The van der Waals surface area contributed by atoms with Gasteiger partial charge in [0.1, 0.15) is 5.41 Å². The van der Waals surface area contributed by atoms with Crippen LogP contribution in [0.1, 0.15) is 115 Å². The lowest BCUT2D eigenvalue weighted by atomic mass is 9.67. The second kappa shape index (κ2) is 22.3. The first kappa shape index (κ1) is 58.2. The summed E-state index contributed by atoms with van der Waals surface area (Å²) in [5.41, 5.74) is 3.85. The van der Waals surface area contributed by atoms with Gasteiger partial charge in [0.2, 0.25) is 0 Å². The molecule has 4 N–H and O–H groups in total. The summed E-state index contributed by atoms with van der Waals surface area (Å²) in [5.74, 6) is -1.90. The Labute approximate surface area is 461 Å². The summed E-state index contributed by atoms with van der Waals surface area (Å²) < 4.78 is 123. The molecular formula is C64H53F9N4O4. The molecule has 0 fully saturated rings. The normalized spacial score (nSPS) is 13.3. The van der Waals surface area contributed by atoms with Crippen LogP contribution in [0.4, 0.5) is 50.9 Å². The molecule has 416 valence electrons. The number of carbonyl (C=O) groups is 4. The maximum atomic E-state index is 14.3. The van der Waals surface area contributed by atoms with Crippen molar-refractivity contribution in [2.45, 2.75) is 64.0 Å². The van der Waals surface area contributed by atoms with Gasteiger partial charge in [-0.15, -0.1) is 0 Å². The number of rotatable bonds is 10. The lowest BCUT2D eigenvalue weighted by Gasteiger charge is -2.34. The van der Waals surface area contributed by atoms with Gasteiger partial charge in [-0.2, -0.15) is 39.5 Å². The zero-order valence-corrected chi connectivity index (χ0v) is 44.7. The Morgan fingerprint density at radius 3 is 1.01 bits per heavy atom.